The Kier molecular flexibility index (Phi) is 6.69. The number of carbonyl (C=O) groups is 1. The van der Waals surface area contributed by atoms with Crippen molar-refractivity contribution >= 4 is 17.2 Å². The van der Waals surface area contributed by atoms with Gasteiger partial charge in [0.15, 0.2) is 0 Å². The largest absolute Gasteiger partial charge is 0.495 e. The van der Waals surface area contributed by atoms with Crippen molar-refractivity contribution < 1.29 is 9.53 Å². The molecule has 1 aromatic carbocycles. The van der Waals surface area contributed by atoms with E-state index in [1.54, 1.807) is 7.11 Å². The van der Waals surface area contributed by atoms with Crippen LogP contribution >= 0.6 is 11.3 Å². The highest BCUT2D eigenvalue weighted by Gasteiger charge is 2.24. The molecule has 1 N–H and O–H groups in total. The number of thiophene rings is 1. The topological polar surface area (TPSA) is 41.6 Å². The number of rotatable bonds is 7. The Morgan fingerprint density at radius 2 is 2.00 bits per heavy atom. The van der Waals surface area contributed by atoms with Gasteiger partial charge in [-0.15, -0.1) is 11.3 Å². The number of piperidine rings is 1. The molecule has 0 aliphatic carbocycles. The zero-order valence-corrected chi connectivity index (χ0v) is 16.5. The van der Waals surface area contributed by atoms with E-state index in [1.165, 1.54) is 30.7 Å². The number of amides is 1. The number of benzene rings is 1. The number of carbonyl (C=O) groups excluding carboxylic acids is 1. The number of methoxy groups -OCH3 is 1. The highest BCUT2D eigenvalue weighted by molar-refractivity contribution is 7.17. The summed E-state index contributed by atoms with van der Waals surface area (Å²) in [6.07, 6.45) is 4.54. The van der Waals surface area contributed by atoms with Crippen LogP contribution in [-0.4, -0.2) is 43.6 Å². The molecule has 0 spiro atoms. The lowest BCUT2D eigenvalue weighted by Crippen LogP contribution is -2.44. The number of hydrogen-bond donors (Lipinski definition) is 1. The van der Waals surface area contributed by atoms with E-state index in [4.69, 9.17) is 4.74 Å². The van der Waals surface area contributed by atoms with Gasteiger partial charge in [-0.3, -0.25) is 4.79 Å². The molecule has 0 saturated carbocycles. The fraction of sp³-hybridized carbons (Fsp3) is 0.476. The Hall–Kier alpha value is -1.85. The quantitative estimate of drug-likeness (QED) is 0.782. The maximum Gasteiger partial charge on any atom is 0.265 e. The average Bonchev–Trinajstić information content (AvgIpc) is 3.13. The van der Waals surface area contributed by atoms with Gasteiger partial charge in [0.2, 0.25) is 0 Å². The summed E-state index contributed by atoms with van der Waals surface area (Å²) in [5.41, 5.74) is 1.11. The van der Waals surface area contributed by atoms with Crippen molar-refractivity contribution in [1.29, 1.82) is 0 Å². The van der Waals surface area contributed by atoms with Crippen LogP contribution in [0.2, 0.25) is 0 Å². The van der Waals surface area contributed by atoms with Crippen molar-refractivity contribution in [3.8, 4) is 16.2 Å². The Balaban J connectivity index is 1.62. The zero-order valence-electron chi connectivity index (χ0n) is 15.7. The second kappa shape index (κ2) is 9.19. The molecule has 0 unspecified atom stereocenters. The van der Waals surface area contributed by atoms with Gasteiger partial charge in [-0.1, -0.05) is 43.7 Å². The molecule has 0 radical (unpaired) electrons. The van der Waals surface area contributed by atoms with Crippen LogP contribution in [0, 0.1) is 0 Å². The molecule has 5 heteroatoms. The zero-order chi connectivity index (χ0) is 18.4. The van der Waals surface area contributed by atoms with E-state index in [0.29, 0.717) is 10.6 Å². The molecule has 2 heterocycles. The molecule has 3 rings (SSSR count). The van der Waals surface area contributed by atoms with Crippen LogP contribution in [-0.2, 0) is 0 Å². The summed E-state index contributed by atoms with van der Waals surface area (Å²) in [4.78, 5) is 17.0. The molecular weight excluding hydrogens is 344 g/mol. The molecule has 1 aliphatic rings. The summed E-state index contributed by atoms with van der Waals surface area (Å²) in [6, 6.07) is 12.3. The molecule has 0 bridgehead atoms. The number of nitrogens with zero attached hydrogens (tertiary/aromatic N) is 1. The lowest BCUT2D eigenvalue weighted by Gasteiger charge is -2.32. The van der Waals surface area contributed by atoms with Crippen molar-refractivity contribution in [2.75, 3.05) is 26.7 Å². The van der Waals surface area contributed by atoms with E-state index in [2.05, 4.69) is 29.3 Å². The van der Waals surface area contributed by atoms with Gasteiger partial charge in [-0.25, -0.2) is 0 Å². The smallest absolute Gasteiger partial charge is 0.265 e. The predicted octanol–water partition coefficient (Wildman–Crippen LogP) is 4.42. The van der Waals surface area contributed by atoms with Gasteiger partial charge in [0, 0.05) is 24.0 Å². The SMILES string of the molecule is CCCCN1CCC(NC(=O)c2sc(-c3ccccc3)cc2OC)CC1. The van der Waals surface area contributed by atoms with Crippen LogP contribution in [0.3, 0.4) is 0 Å². The molecular formula is C21H28N2O2S. The summed E-state index contributed by atoms with van der Waals surface area (Å²) in [6.45, 7) is 5.55. The number of nitrogens with one attached hydrogen (secondary N) is 1. The fourth-order valence-corrected chi connectivity index (χ4v) is 4.40. The molecule has 0 atom stereocenters. The van der Waals surface area contributed by atoms with Crippen LogP contribution in [0.5, 0.6) is 5.75 Å². The lowest BCUT2D eigenvalue weighted by molar-refractivity contribution is 0.0912. The average molecular weight is 373 g/mol. The predicted molar refractivity (Wildman–Crippen MR) is 108 cm³/mol. The summed E-state index contributed by atoms with van der Waals surface area (Å²) in [7, 11) is 1.62. The summed E-state index contributed by atoms with van der Waals surface area (Å²) < 4.78 is 5.46. The molecule has 4 nitrogen and oxygen atoms in total. The van der Waals surface area contributed by atoms with Crippen molar-refractivity contribution in [2.24, 2.45) is 0 Å². The van der Waals surface area contributed by atoms with Gasteiger partial charge in [0.1, 0.15) is 10.6 Å². The lowest BCUT2D eigenvalue weighted by atomic mass is 10.0. The van der Waals surface area contributed by atoms with Gasteiger partial charge in [0.25, 0.3) is 5.91 Å². The first kappa shape index (κ1) is 18.9. The van der Waals surface area contributed by atoms with Crippen molar-refractivity contribution in [2.45, 2.75) is 38.6 Å². The highest BCUT2D eigenvalue weighted by Crippen LogP contribution is 2.36. The van der Waals surface area contributed by atoms with Gasteiger partial charge >= 0.3 is 0 Å². The Bertz CT molecular complexity index is 706. The maximum absolute atomic E-state index is 12.8. The molecule has 140 valence electrons. The van der Waals surface area contributed by atoms with E-state index >= 15 is 0 Å². The van der Waals surface area contributed by atoms with E-state index < -0.39 is 0 Å². The molecule has 1 saturated heterocycles. The number of unbranched alkanes of at least 4 members (excludes halogenated alkanes) is 1. The first-order valence-corrected chi connectivity index (χ1v) is 10.3. The number of ether oxygens (including phenoxy) is 1. The molecule has 1 amide bonds. The second-order valence-corrected chi connectivity index (χ2v) is 7.87. The van der Waals surface area contributed by atoms with E-state index in [9.17, 15) is 4.79 Å². The molecule has 1 aromatic heterocycles. The van der Waals surface area contributed by atoms with Crippen molar-refractivity contribution in [3.05, 3.63) is 41.3 Å². The summed E-state index contributed by atoms with van der Waals surface area (Å²) in [5.74, 6) is 0.646. The summed E-state index contributed by atoms with van der Waals surface area (Å²) in [5, 5.41) is 3.22. The van der Waals surface area contributed by atoms with Gasteiger partial charge in [-0.05, 0) is 37.4 Å². The van der Waals surface area contributed by atoms with Crippen molar-refractivity contribution in [1.82, 2.24) is 10.2 Å². The van der Waals surface area contributed by atoms with Gasteiger partial charge in [-0.2, -0.15) is 0 Å². The Labute approximate surface area is 160 Å². The van der Waals surface area contributed by atoms with Crippen molar-refractivity contribution in [3.63, 3.8) is 0 Å². The first-order valence-electron chi connectivity index (χ1n) is 9.47. The molecule has 26 heavy (non-hydrogen) atoms. The third kappa shape index (κ3) is 4.65. The highest BCUT2D eigenvalue weighted by atomic mass is 32.1. The fourth-order valence-electron chi connectivity index (χ4n) is 3.36. The van der Waals surface area contributed by atoms with Gasteiger partial charge < -0.3 is 15.0 Å². The molecule has 1 aliphatic heterocycles. The normalized spacial score (nSPS) is 15.8. The standard InChI is InChI=1S/C21H28N2O2S/c1-3-4-12-23-13-10-17(11-14-23)22-21(24)20-18(25-2)15-19(26-20)16-8-6-5-7-9-16/h5-9,15,17H,3-4,10-14H2,1-2H3,(H,22,24). The first-order chi connectivity index (χ1) is 12.7. The van der Waals surface area contributed by atoms with Crippen LogP contribution < -0.4 is 10.1 Å². The van der Waals surface area contributed by atoms with E-state index in [1.807, 2.05) is 24.3 Å². The Morgan fingerprint density at radius 3 is 2.65 bits per heavy atom. The van der Waals surface area contributed by atoms with E-state index in [0.717, 1.165) is 36.4 Å². The van der Waals surface area contributed by atoms with Crippen LogP contribution in [0.4, 0.5) is 0 Å². The number of likely N-dealkylation sites (tertiary alicyclic amines) is 1. The third-order valence-electron chi connectivity index (χ3n) is 4.93. The summed E-state index contributed by atoms with van der Waals surface area (Å²) >= 11 is 1.50. The van der Waals surface area contributed by atoms with Crippen LogP contribution in [0.25, 0.3) is 10.4 Å². The molecule has 1 fully saturated rings. The molecule has 2 aromatic rings. The van der Waals surface area contributed by atoms with Gasteiger partial charge in [0.05, 0.1) is 7.11 Å². The van der Waals surface area contributed by atoms with Crippen LogP contribution in [0.1, 0.15) is 42.3 Å². The maximum atomic E-state index is 12.8. The minimum absolute atomic E-state index is 0.0129. The number of hydrogen-bond acceptors (Lipinski definition) is 4. The van der Waals surface area contributed by atoms with E-state index in [-0.39, 0.29) is 11.9 Å². The monoisotopic (exact) mass is 372 g/mol. The second-order valence-electron chi connectivity index (χ2n) is 6.82. The Morgan fingerprint density at radius 1 is 1.27 bits per heavy atom. The minimum atomic E-state index is -0.0129. The third-order valence-corrected chi connectivity index (χ3v) is 6.10. The van der Waals surface area contributed by atoms with Crippen LogP contribution in [0.15, 0.2) is 36.4 Å². The minimum Gasteiger partial charge on any atom is -0.495 e.